The van der Waals surface area contributed by atoms with Gasteiger partial charge in [-0.25, -0.2) is 19.9 Å². The maximum atomic E-state index is 4.77. The Morgan fingerprint density at radius 1 is 1.19 bits per heavy atom. The van der Waals surface area contributed by atoms with Crippen molar-refractivity contribution in [1.29, 1.82) is 0 Å². The minimum Gasteiger partial charge on any atom is -0.337 e. The van der Waals surface area contributed by atoms with E-state index in [4.69, 9.17) is 4.98 Å². The number of piperidine rings is 1. The van der Waals surface area contributed by atoms with E-state index in [2.05, 4.69) is 35.8 Å². The molecule has 0 radical (unpaired) electrons. The molecule has 1 saturated heterocycles. The van der Waals surface area contributed by atoms with Gasteiger partial charge in [0.2, 0.25) is 0 Å². The number of imidazole rings is 1. The van der Waals surface area contributed by atoms with Crippen molar-refractivity contribution in [3.8, 4) is 0 Å². The number of hydrogen-bond acceptors (Lipinski definition) is 6. The Morgan fingerprint density at radius 3 is 2.89 bits per heavy atom. The number of likely N-dealkylation sites (tertiary alicyclic amines) is 1. The molecule has 0 unspecified atom stereocenters. The molecule has 7 heteroatoms. The molecule has 0 aromatic carbocycles. The SMILES string of the molecule is Cc1nc(Nc2ccccn2)cc([C@H]2CCCCN2Cc2cncn2C)n1. The lowest BCUT2D eigenvalue weighted by molar-refractivity contribution is 0.134. The maximum Gasteiger partial charge on any atom is 0.135 e. The standard InChI is InChI=1S/C20H25N7/c1-15-23-17(11-20(24-15)25-19-8-3-5-9-22-19)18-7-4-6-10-27(18)13-16-12-21-14-26(16)2/h3,5,8-9,11-12,14,18H,4,6-7,10,13H2,1-2H3,(H,22,23,24,25)/t18-/m1/s1. The lowest BCUT2D eigenvalue weighted by Gasteiger charge is -2.35. The van der Waals surface area contributed by atoms with Gasteiger partial charge in [0.15, 0.2) is 0 Å². The highest BCUT2D eigenvalue weighted by atomic mass is 15.2. The molecule has 0 aliphatic carbocycles. The first-order valence-corrected chi connectivity index (χ1v) is 9.42. The second-order valence-corrected chi connectivity index (χ2v) is 7.04. The Labute approximate surface area is 159 Å². The van der Waals surface area contributed by atoms with Crippen LogP contribution in [-0.4, -0.2) is 35.9 Å². The lowest BCUT2D eigenvalue weighted by Crippen LogP contribution is -2.34. The number of aromatic nitrogens is 5. The minimum atomic E-state index is 0.291. The summed E-state index contributed by atoms with van der Waals surface area (Å²) in [6.07, 6.45) is 9.13. The zero-order valence-electron chi connectivity index (χ0n) is 15.8. The van der Waals surface area contributed by atoms with Crippen LogP contribution < -0.4 is 5.32 Å². The molecule has 7 nitrogen and oxygen atoms in total. The highest BCUT2D eigenvalue weighted by Crippen LogP contribution is 2.32. The molecule has 0 spiro atoms. The molecule has 27 heavy (non-hydrogen) atoms. The van der Waals surface area contributed by atoms with E-state index in [1.165, 1.54) is 18.5 Å². The normalized spacial score (nSPS) is 17.8. The Balaban J connectivity index is 1.59. The number of aryl methyl sites for hydroxylation is 2. The van der Waals surface area contributed by atoms with E-state index in [0.29, 0.717) is 6.04 Å². The molecule has 1 aliphatic rings. The largest absolute Gasteiger partial charge is 0.337 e. The van der Waals surface area contributed by atoms with Gasteiger partial charge in [-0.05, 0) is 38.4 Å². The lowest BCUT2D eigenvalue weighted by atomic mass is 9.98. The van der Waals surface area contributed by atoms with E-state index >= 15 is 0 Å². The van der Waals surface area contributed by atoms with Crippen LogP contribution in [0.25, 0.3) is 0 Å². The van der Waals surface area contributed by atoms with Crippen LogP contribution in [0.3, 0.4) is 0 Å². The van der Waals surface area contributed by atoms with Crippen LogP contribution in [0.15, 0.2) is 43.0 Å². The van der Waals surface area contributed by atoms with Crippen molar-refractivity contribution in [3.63, 3.8) is 0 Å². The van der Waals surface area contributed by atoms with Gasteiger partial charge in [-0.3, -0.25) is 4.90 Å². The average molecular weight is 363 g/mol. The van der Waals surface area contributed by atoms with Gasteiger partial charge < -0.3 is 9.88 Å². The molecule has 4 heterocycles. The predicted octanol–water partition coefficient (Wildman–Crippen LogP) is 3.38. The van der Waals surface area contributed by atoms with Crippen LogP contribution >= 0.6 is 0 Å². The van der Waals surface area contributed by atoms with E-state index in [9.17, 15) is 0 Å². The summed E-state index contributed by atoms with van der Waals surface area (Å²) in [5.41, 5.74) is 2.29. The first-order valence-electron chi connectivity index (χ1n) is 9.42. The number of nitrogens with one attached hydrogen (secondary N) is 1. The smallest absolute Gasteiger partial charge is 0.135 e. The summed E-state index contributed by atoms with van der Waals surface area (Å²) in [4.78, 5) is 20.4. The molecule has 0 amide bonds. The van der Waals surface area contributed by atoms with Gasteiger partial charge in [0.25, 0.3) is 0 Å². The molecule has 1 N–H and O–H groups in total. The Bertz CT molecular complexity index is 890. The van der Waals surface area contributed by atoms with Crippen molar-refractivity contribution >= 4 is 11.6 Å². The van der Waals surface area contributed by atoms with Crippen molar-refractivity contribution in [2.75, 3.05) is 11.9 Å². The predicted molar refractivity (Wildman–Crippen MR) is 104 cm³/mol. The molecule has 3 aromatic heterocycles. The summed E-state index contributed by atoms with van der Waals surface area (Å²) in [6.45, 7) is 3.90. The highest BCUT2D eigenvalue weighted by Gasteiger charge is 2.26. The molecule has 0 saturated carbocycles. The van der Waals surface area contributed by atoms with Gasteiger partial charge in [-0.15, -0.1) is 0 Å². The fourth-order valence-corrected chi connectivity index (χ4v) is 3.65. The topological polar surface area (TPSA) is 71.8 Å². The number of hydrogen-bond donors (Lipinski definition) is 1. The van der Waals surface area contributed by atoms with Gasteiger partial charge in [-0.1, -0.05) is 12.5 Å². The number of pyridine rings is 1. The van der Waals surface area contributed by atoms with Crippen LogP contribution in [0.4, 0.5) is 11.6 Å². The third-order valence-corrected chi connectivity index (χ3v) is 5.02. The van der Waals surface area contributed by atoms with E-state index < -0.39 is 0 Å². The average Bonchev–Trinajstić information content (AvgIpc) is 3.07. The highest BCUT2D eigenvalue weighted by molar-refractivity contribution is 5.51. The molecular formula is C20H25N7. The number of nitrogens with zero attached hydrogens (tertiary/aromatic N) is 6. The molecule has 140 valence electrons. The quantitative estimate of drug-likeness (QED) is 0.749. The van der Waals surface area contributed by atoms with Gasteiger partial charge >= 0.3 is 0 Å². The Morgan fingerprint density at radius 2 is 2.11 bits per heavy atom. The summed E-state index contributed by atoms with van der Waals surface area (Å²) in [6, 6.07) is 8.15. The van der Waals surface area contributed by atoms with Crippen LogP contribution in [-0.2, 0) is 13.6 Å². The van der Waals surface area contributed by atoms with Crippen molar-refractivity contribution < 1.29 is 0 Å². The van der Waals surface area contributed by atoms with Crippen LogP contribution in [0.2, 0.25) is 0 Å². The number of anilines is 2. The van der Waals surface area contributed by atoms with Crippen molar-refractivity contribution in [3.05, 3.63) is 60.2 Å². The fourth-order valence-electron chi connectivity index (χ4n) is 3.65. The minimum absolute atomic E-state index is 0.291. The molecule has 0 bridgehead atoms. The van der Waals surface area contributed by atoms with Crippen LogP contribution in [0.5, 0.6) is 0 Å². The van der Waals surface area contributed by atoms with Crippen LogP contribution in [0.1, 0.15) is 42.5 Å². The van der Waals surface area contributed by atoms with Crippen molar-refractivity contribution in [2.45, 2.75) is 38.8 Å². The van der Waals surface area contributed by atoms with Gasteiger partial charge in [-0.2, -0.15) is 0 Å². The zero-order valence-corrected chi connectivity index (χ0v) is 15.8. The van der Waals surface area contributed by atoms with Crippen molar-refractivity contribution in [1.82, 2.24) is 29.4 Å². The first-order chi connectivity index (χ1) is 13.2. The molecule has 1 fully saturated rings. The third-order valence-electron chi connectivity index (χ3n) is 5.02. The summed E-state index contributed by atoms with van der Waals surface area (Å²) in [7, 11) is 2.05. The molecular weight excluding hydrogens is 338 g/mol. The van der Waals surface area contributed by atoms with Crippen molar-refractivity contribution in [2.24, 2.45) is 7.05 Å². The fraction of sp³-hybridized carbons (Fsp3) is 0.400. The van der Waals surface area contributed by atoms with Gasteiger partial charge in [0.05, 0.1) is 23.8 Å². The molecule has 1 atom stereocenters. The number of rotatable bonds is 5. The van der Waals surface area contributed by atoms with Crippen LogP contribution in [0, 0.1) is 6.92 Å². The third kappa shape index (κ3) is 4.14. The maximum absolute atomic E-state index is 4.77. The molecule has 4 rings (SSSR count). The summed E-state index contributed by atoms with van der Waals surface area (Å²) in [5, 5.41) is 3.30. The molecule has 3 aromatic rings. The van der Waals surface area contributed by atoms with Gasteiger partial charge in [0.1, 0.15) is 17.5 Å². The van der Waals surface area contributed by atoms with E-state index in [-0.39, 0.29) is 0 Å². The van der Waals surface area contributed by atoms with E-state index in [1.54, 1.807) is 6.20 Å². The van der Waals surface area contributed by atoms with E-state index in [1.807, 2.05) is 44.7 Å². The first kappa shape index (κ1) is 17.6. The second-order valence-electron chi connectivity index (χ2n) is 7.04. The second kappa shape index (κ2) is 7.84. The van der Waals surface area contributed by atoms with E-state index in [0.717, 1.165) is 42.7 Å². The Hall–Kier alpha value is -2.80. The summed E-state index contributed by atoms with van der Waals surface area (Å²) >= 11 is 0. The molecule has 1 aliphatic heterocycles. The summed E-state index contributed by atoms with van der Waals surface area (Å²) in [5.74, 6) is 2.36. The van der Waals surface area contributed by atoms with Gasteiger partial charge in [0, 0.05) is 32.1 Å². The monoisotopic (exact) mass is 363 g/mol. The zero-order chi connectivity index (χ0) is 18.6. The Kier molecular flexibility index (Phi) is 5.11. The summed E-state index contributed by atoms with van der Waals surface area (Å²) < 4.78 is 2.09.